The molecule has 2 aromatic rings. The number of benzene rings is 2. The van der Waals surface area contributed by atoms with Crippen molar-refractivity contribution in [1.82, 2.24) is 0 Å². The van der Waals surface area contributed by atoms with Gasteiger partial charge in [0.05, 0.1) is 11.5 Å². The molecule has 5 nitrogen and oxygen atoms in total. The standard InChI is InChI=1S/C13H9F2NO4/c14-9-5-6-10(16(18)19)13(12(9)15)20-11-4-2-1-3-8(11)7-17/h1-6,17H,7H2. The van der Waals surface area contributed by atoms with E-state index in [1.165, 1.54) is 18.2 Å². The van der Waals surface area contributed by atoms with Crippen molar-refractivity contribution < 1.29 is 23.5 Å². The highest BCUT2D eigenvalue weighted by atomic mass is 19.2. The molecule has 7 heteroatoms. The second-order valence-corrected chi connectivity index (χ2v) is 3.83. The Hall–Kier alpha value is -2.54. The van der Waals surface area contributed by atoms with Gasteiger partial charge in [0, 0.05) is 11.6 Å². The van der Waals surface area contributed by atoms with Gasteiger partial charge in [0.2, 0.25) is 11.6 Å². The monoisotopic (exact) mass is 281 g/mol. The molecule has 0 aliphatic rings. The van der Waals surface area contributed by atoms with Crippen LogP contribution < -0.4 is 4.74 Å². The lowest BCUT2D eigenvalue weighted by Crippen LogP contribution is -2.00. The maximum atomic E-state index is 13.7. The van der Waals surface area contributed by atoms with E-state index >= 15 is 0 Å². The number of halogens is 2. The Morgan fingerprint density at radius 3 is 2.55 bits per heavy atom. The fraction of sp³-hybridized carbons (Fsp3) is 0.0769. The molecule has 0 bridgehead atoms. The van der Waals surface area contributed by atoms with Crippen molar-refractivity contribution in [2.24, 2.45) is 0 Å². The lowest BCUT2D eigenvalue weighted by atomic mass is 10.2. The molecule has 20 heavy (non-hydrogen) atoms. The Labute approximate surface area is 112 Å². The fourth-order valence-electron chi connectivity index (χ4n) is 1.61. The second-order valence-electron chi connectivity index (χ2n) is 3.83. The van der Waals surface area contributed by atoms with Gasteiger partial charge in [-0.15, -0.1) is 0 Å². The van der Waals surface area contributed by atoms with Gasteiger partial charge in [-0.3, -0.25) is 10.1 Å². The van der Waals surface area contributed by atoms with Crippen LogP contribution in [-0.2, 0) is 6.61 Å². The zero-order chi connectivity index (χ0) is 14.7. The minimum Gasteiger partial charge on any atom is -0.447 e. The van der Waals surface area contributed by atoms with E-state index < -0.39 is 34.6 Å². The van der Waals surface area contributed by atoms with Crippen LogP contribution >= 0.6 is 0 Å². The molecule has 0 amide bonds. The summed E-state index contributed by atoms with van der Waals surface area (Å²) in [5.41, 5.74) is -0.401. The fourth-order valence-corrected chi connectivity index (χ4v) is 1.61. The van der Waals surface area contributed by atoms with Crippen LogP contribution in [0.15, 0.2) is 36.4 Å². The number of hydrogen-bond donors (Lipinski definition) is 1. The van der Waals surface area contributed by atoms with E-state index in [-0.39, 0.29) is 5.75 Å². The van der Waals surface area contributed by atoms with Gasteiger partial charge >= 0.3 is 5.69 Å². The summed E-state index contributed by atoms with van der Waals surface area (Å²) in [6, 6.07) is 7.50. The van der Waals surface area contributed by atoms with Crippen LogP contribution in [0.3, 0.4) is 0 Å². The lowest BCUT2D eigenvalue weighted by molar-refractivity contribution is -0.385. The third-order valence-electron chi connectivity index (χ3n) is 2.58. The third-order valence-corrected chi connectivity index (χ3v) is 2.58. The highest BCUT2D eigenvalue weighted by Crippen LogP contribution is 2.36. The van der Waals surface area contributed by atoms with Crippen molar-refractivity contribution in [2.75, 3.05) is 0 Å². The minimum atomic E-state index is -1.45. The molecule has 104 valence electrons. The summed E-state index contributed by atoms with van der Waals surface area (Å²) in [6.07, 6.45) is 0. The van der Waals surface area contributed by atoms with Crippen LogP contribution in [0.1, 0.15) is 5.56 Å². The maximum absolute atomic E-state index is 13.7. The number of nitrogens with zero attached hydrogens (tertiary/aromatic N) is 1. The van der Waals surface area contributed by atoms with Crippen LogP contribution in [-0.4, -0.2) is 10.0 Å². The molecule has 0 saturated heterocycles. The van der Waals surface area contributed by atoms with E-state index in [2.05, 4.69) is 0 Å². The van der Waals surface area contributed by atoms with E-state index in [1.807, 2.05) is 0 Å². The van der Waals surface area contributed by atoms with E-state index in [0.29, 0.717) is 11.6 Å². The van der Waals surface area contributed by atoms with E-state index in [1.54, 1.807) is 6.07 Å². The van der Waals surface area contributed by atoms with Crippen molar-refractivity contribution >= 4 is 5.69 Å². The third kappa shape index (κ3) is 2.57. The SMILES string of the molecule is O=[N+]([O-])c1ccc(F)c(F)c1Oc1ccccc1CO. The summed E-state index contributed by atoms with van der Waals surface area (Å²) in [5.74, 6) is -3.52. The Kier molecular flexibility index (Phi) is 3.90. The average molecular weight is 281 g/mol. The summed E-state index contributed by atoms with van der Waals surface area (Å²) in [7, 11) is 0. The first-order valence-corrected chi connectivity index (χ1v) is 5.53. The number of aliphatic hydroxyl groups is 1. The molecule has 0 fully saturated rings. The van der Waals surface area contributed by atoms with E-state index in [9.17, 15) is 18.9 Å². The molecule has 0 atom stereocenters. The van der Waals surface area contributed by atoms with E-state index in [0.717, 1.165) is 6.07 Å². The molecular weight excluding hydrogens is 272 g/mol. The molecule has 0 spiro atoms. The van der Waals surface area contributed by atoms with Crippen molar-refractivity contribution in [1.29, 1.82) is 0 Å². The predicted octanol–water partition coefficient (Wildman–Crippen LogP) is 3.16. The first-order chi connectivity index (χ1) is 9.54. The second kappa shape index (κ2) is 5.62. The Morgan fingerprint density at radius 1 is 1.20 bits per heavy atom. The number of ether oxygens (including phenoxy) is 1. The van der Waals surface area contributed by atoms with Gasteiger partial charge in [0.25, 0.3) is 0 Å². The van der Waals surface area contributed by atoms with Crippen molar-refractivity contribution in [3.05, 3.63) is 63.7 Å². The van der Waals surface area contributed by atoms with Crippen LogP contribution in [0.4, 0.5) is 14.5 Å². The molecule has 0 aromatic heterocycles. The highest BCUT2D eigenvalue weighted by Gasteiger charge is 2.24. The number of nitro benzene ring substituents is 1. The Morgan fingerprint density at radius 2 is 1.90 bits per heavy atom. The number of nitro groups is 1. The van der Waals surface area contributed by atoms with Crippen molar-refractivity contribution in [3.63, 3.8) is 0 Å². The van der Waals surface area contributed by atoms with Crippen LogP contribution in [0.25, 0.3) is 0 Å². The summed E-state index contributed by atoms with van der Waals surface area (Å²) >= 11 is 0. The zero-order valence-electron chi connectivity index (χ0n) is 10.0. The van der Waals surface area contributed by atoms with Crippen LogP contribution in [0.2, 0.25) is 0 Å². The minimum absolute atomic E-state index is 0.0163. The highest BCUT2D eigenvalue weighted by molar-refractivity contribution is 5.50. The molecular formula is C13H9F2NO4. The van der Waals surface area contributed by atoms with Gasteiger partial charge in [-0.2, -0.15) is 4.39 Å². The average Bonchev–Trinajstić information content (AvgIpc) is 2.44. The largest absolute Gasteiger partial charge is 0.447 e. The first kappa shape index (κ1) is 13.9. The summed E-state index contributed by atoms with van der Waals surface area (Å²) < 4.78 is 31.9. The molecule has 2 rings (SSSR count). The molecule has 0 unspecified atom stereocenters. The smallest absolute Gasteiger partial charge is 0.314 e. The Bertz CT molecular complexity index is 661. The molecule has 0 radical (unpaired) electrons. The first-order valence-electron chi connectivity index (χ1n) is 5.53. The van der Waals surface area contributed by atoms with Gasteiger partial charge in [-0.05, 0) is 12.1 Å². The molecule has 0 saturated carbocycles. The normalized spacial score (nSPS) is 10.3. The molecule has 0 aliphatic heterocycles. The summed E-state index contributed by atoms with van der Waals surface area (Å²) in [6.45, 7) is -0.402. The van der Waals surface area contributed by atoms with Crippen LogP contribution in [0.5, 0.6) is 11.5 Å². The number of para-hydroxylation sites is 1. The molecule has 2 aromatic carbocycles. The van der Waals surface area contributed by atoms with Gasteiger partial charge in [-0.25, -0.2) is 4.39 Å². The number of hydrogen-bond acceptors (Lipinski definition) is 4. The summed E-state index contributed by atoms with van der Waals surface area (Å²) in [4.78, 5) is 9.94. The number of rotatable bonds is 4. The predicted molar refractivity (Wildman–Crippen MR) is 65.5 cm³/mol. The van der Waals surface area contributed by atoms with Crippen LogP contribution in [0, 0.1) is 21.7 Å². The van der Waals surface area contributed by atoms with Crippen molar-refractivity contribution in [3.8, 4) is 11.5 Å². The lowest BCUT2D eigenvalue weighted by Gasteiger charge is -2.10. The quantitative estimate of drug-likeness (QED) is 0.690. The molecule has 0 aliphatic carbocycles. The molecule has 1 N–H and O–H groups in total. The van der Waals surface area contributed by atoms with E-state index in [4.69, 9.17) is 9.84 Å². The van der Waals surface area contributed by atoms with Gasteiger partial charge < -0.3 is 9.84 Å². The van der Waals surface area contributed by atoms with Crippen molar-refractivity contribution in [2.45, 2.75) is 6.61 Å². The summed E-state index contributed by atoms with van der Waals surface area (Å²) in [5, 5.41) is 19.9. The van der Waals surface area contributed by atoms with Gasteiger partial charge in [0.15, 0.2) is 5.82 Å². The number of aliphatic hydroxyl groups excluding tert-OH is 1. The van der Waals surface area contributed by atoms with Gasteiger partial charge in [0.1, 0.15) is 5.75 Å². The topological polar surface area (TPSA) is 72.6 Å². The molecule has 0 heterocycles. The maximum Gasteiger partial charge on any atom is 0.314 e. The Balaban J connectivity index is 2.52. The van der Waals surface area contributed by atoms with Gasteiger partial charge in [-0.1, -0.05) is 18.2 Å². The zero-order valence-corrected chi connectivity index (χ0v) is 10.0.